The Kier molecular flexibility index (Phi) is 5.36. The second kappa shape index (κ2) is 7.03. The lowest BCUT2D eigenvalue weighted by Gasteiger charge is -2.33. The Morgan fingerprint density at radius 2 is 1.75 bits per heavy atom. The highest BCUT2D eigenvalue weighted by atomic mass is 16.1. The van der Waals surface area contributed by atoms with Crippen LogP contribution in [0, 0.1) is 13.8 Å². The molecule has 1 aromatic carbocycles. The maximum absolute atomic E-state index is 12.7. The number of ketones is 1. The molecule has 1 aromatic rings. The van der Waals surface area contributed by atoms with Crippen molar-refractivity contribution in [3.05, 3.63) is 34.9 Å². The lowest BCUT2D eigenvalue weighted by Crippen LogP contribution is -2.44. The van der Waals surface area contributed by atoms with Gasteiger partial charge in [-0.1, -0.05) is 31.5 Å². The van der Waals surface area contributed by atoms with E-state index < -0.39 is 0 Å². The zero-order chi connectivity index (χ0) is 14.5. The van der Waals surface area contributed by atoms with Crippen LogP contribution in [-0.4, -0.2) is 29.8 Å². The molecule has 110 valence electrons. The summed E-state index contributed by atoms with van der Waals surface area (Å²) in [6, 6.07) is 6.41. The van der Waals surface area contributed by atoms with Crippen LogP contribution in [-0.2, 0) is 11.2 Å². The van der Waals surface area contributed by atoms with Gasteiger partial charge in [-0.05, 0) is 62.9 Å². The SMILES string of the molecule is CCC(C(=O)Cc1c(C)cccc1C)N1CCCCC1. The number of benzene rings is 1. The Morgan fingerprint density at radius 3 is 2.30 bits per heavy atom. The number of Topliss-reactive ketones (excluding diaryl/α,β-unsaturated/α-hetero) is 1. The molecule has 2 nitrogen and oxygen atoms in total. The molecule has 1 saturated heterocycles. The van der Waals surface area contributed by atoms with E-state index in [-0.39, 0.29) is 6.04 Å². The van der Waals surface area contributed by atoms with Crippen molar-refractivity contribution in [2.24, 2.45) is 0 Å². The summed E-state index contributed by atoms with van der Waals surface area (Å²) in [7, 11) is 0. The molecule has 0 aliphatic carbocycles. The monoisotopic (exact) mass is 273 g/mol. The van der Waals surface area contributed by atoms with Gasteiger partial charge in [-0.3, -0.25) is 9.69 Å². The van der Waals surface area contributed by atoms with Crippen molar-refractivity contribution in [2.45, 2.75) is 58.9 Å². The molecule has 1 heterocycles. The predicted octanol–water partition coefficient (Wildman–Crippen LogP) is 3.68. The topological polar surface area (TPSA) is 20.3 Å². The van der Waals surface area contributed by atoms with Gasteiger partial charge in [0, 0.05) is 6.42 Å². The van der Waals surface area contributed by atoms with Gasteiger partial charge in [-0.25, -0.2) is 0 Å². The molecule has 0 saturated carbocycles. The molecular formula is C18H27NO. The van der Waals surface area contributed by atoms with E-state index in [2.05, 4.69) is 43.9 Å². The minimum absolute atomic E-state index is 0.120. The lowest BCUT2D eigenvalue weighted by molar-refractivity contribution is -0.124. The molecule has 0 N–H and O–H groups in total. The zero-order valence-electron chi connectivity index (χ0n) is 13.1. The molecule has 20 heavy (non-hydrogen) atoms. The summed E-state index contributed by atoms with van der Waals surface area (Å²) in [6.07, 6.45) is 5.33. The fourth-order valence-corrected chi connectivity index (χ4v) is 3.34. The molecule has 0 radical (unpaired) electrons. The van der Waals surface area contributed by atoms with Gasteiger partial charge in [0.1, 0.15) is 0 Å². The summed E-state index contributed by atoms with van der Waals surface area (Å²) in [5, 5.41) is 0. The molecule has 2 rings (SSSR count). The van der Waals surface area contributed by atoms with Crippen molar-refractivity contribution in [1.29, 1.82) is 0 Å². The van der Waals surface area contributed by atoms with E-state index in [1.807, 2.05) is 0 Å². The summed E-state index contributed by atoms with van der Waals surface area (Å²) in [5.74, 6) is 0.395. The third-order valence-electron chi connectivity index (χ3n) is 4.59. The van der Waals surface area contributed by atoms with E-state index in [1.54, 1.807) is 0 Å². The summed E-state index contributed by atoms with van der Waals surface area (Å²) < 4.78 is 0. The highest BCUT2D eigenvalue weighted by molar-refractivity contribution is 5.86. The average molecular weight is 273 g/mol. The van der Waals surface area contributed by atoms with Crippen molar-refractivity contribution in [1.82, 2.24) is 4.90 Å². The number of likely N-dealkylation sites (tertiary alicyclic amines) is 1. The van der Waals surface area contributed by atoms with Gasteiger partial charge in [-0.2, -0.15) is 0 Å². The van der Waals surface area contributed by atoms with Gasteiger partial charge in [0.2, 0.25) is 0 Å². The maximum Gasteiger partial charge on any atom is 0.154 e. The first-order chi connectivity index (χ1) is 9.63. The second-order valence-corrected chi connectivity index (χ2v) is 6.03. The van der Waals surface area contributed by atoms with Crippen molar-refractivity contribution in [2.75, 3.05) is 13.1 Å². The average Bonchev–Trinajstić information content (AvgIpc) is 2.45. The van der Waals surface area contributed by atoms with Crippen LogP contribution in [0.2, 0.25) is 0 Å². The Labute approximate surface area is 123 Å². The third-order valence-corrected chi connectivity index (χ3v) is 4.59. The molecule has 1 unspecified atom stereocenters. The van der Waals surface area contributed by atoms with Crippen LogP contribution < -0.4 is 0 Å². The highest BCUT2D eigenvalue weighted by Crippen LogP contribution is 2.19. The van der Waals surface area contributed by atoms with Crippen molar-refractivity contribution < 1.29 is 4.79 Å². The predicted molar refractivity (Wildman–Crippen MR) is 84.1 cm³/mol. The quantitative estimate of drug-likeness (QED) is 0.815. The molecule has 1 fully saturated rings. The van der Waals surface area contributed by atoms with Crippen LogP contribution in [0.4, 0.5) is 0 Å². The lowest BCUT2D eigenvalue weighted by atomic mass is 9.93. The van der Waals surface area contributed by atoms with E-state index >= 15 is 0 Å². The van der Waals surface area contributed by atoms with E-state index in [0.29, 0.717) is 12.2 Å². The molecule has 0 spiro atoms. The molecule has 2 heteroatoms. The minimum Gasteiger partial charge on any atom is -0.298 e. The second-order valence-electron chi connectivity index (χ2n) is 6.03. The van der Waals surface area contributed by atoms with Crippen LogP contribution in [0.25, 0.3) is 0 Å². The first-order valence-electron chi connectivity index (χ1n) is 7.95. The van der Waals surface area contributed by atoms with Gasteiger partial charge >= 0.3 is 0 Å². The Bertz CT molecular complexity index is 440. The van der Waals surface area contributed by atoms with Crippen LogP contribution in [0.5, 0.6) is 0 Å². The van der Waals surface area contributed by atoms with Gasteiger partial charge in [-0.15, -0.1) is 0 Å². The molecule has 1 aliphatic rings. The number of piperidine rings is 1. The van der Waals surface area contributed by atoms with Gasteiger partial charge < -0.3 is 0 Å². The fourth-order valence-electron chi connectivity index (χ4n) is 3.34. The van der Waals surface area contributed by atoms with Crippen LogP contribution in [0.15, 0.2) is 18.2 Å². The number of hydrogen-bond donors (Lipinski definition) is 0. The Morgan fingerprint density at radius 1 is 1.15 bits per heavy atom. The van der Waals surface area contributed by atoms with E-state index in [9.17, 15) is 4.79 Å². The maximum atomic E-state index is 12.7. The fraction of sp³-hybridized carbons (Fsp3) is 0.611. The molecular weight excluding hydrogens is 246 g/mol. The van der Waals surface area contributed by atoms with E-state index in [0.717, 1.165) is 19.5 Å². The number of rotatable bonds is 5. The van der Waals surface area contributed by atoms with E-state index in [4.69, 9.17) is 0 Å². The number of carbonyl (C=O) groups is 1. The largest absolute Gasteiger partial charge is 0.298 e. The summed E-state index contributed by atoms with van der Waals surface area (Å²) in [4.78, 5) is 15.1. The molecule has 0 amide bonds. The van der Waals surface area contributed by atoms with Crippen LogP contribution in [0.1, 0.15) is 49.3 Å². The normalized spacial score (nSPS) is 17.9. The summed E-state index contributed by atoms with van der Waals surface area (Å²) >= 11 is 0. The smallest absolute Gasteiger partial charge is 0.154 e. The van der Waals surface area contributed by atoms with Crippen molar-refractivity contribution in [3.8, 4) is 0 Å². The highest BCUT2D eigenvalue weighted by Gasteiger charge is 2.25. The van der Waals surface area contributed by atoms with Gasteiger partial charge in [0.15, 0.2) is 5.78 Å². The molecule has 1 aliphatic heterocycles. The van der Waals surface area contributed by atoms with Gasteiger partial charge in [0.25, 0.3) is 0 Å². The Balaban J connectivity index is 2.09. The van der Waals surface area contributed by atoms with Crippen molar-refractivity contribution >= 4 is 5.78 Å². The first-order valence-corrected chi connectivity index (χ1v) is 7.95. The standard InChI is InChI=1S/C18H27NO/c1-4-17(19-11-6-5-7-12-19)18(20)13-16-14(2)9-8-10-15(16)3/h8-10,17H,4-7,11-13H2,1-3H3. The van der Waals surface area contributed by atoms with Crippen LogP contribution >= 0.6 is 0 Å². The third kappa shape index (κ3) is 3.49. The molecule has 0 aromatic heterocycles. The van der Waals surface area contributed by atoms with Gasteiger partial charge in [0.05, 0.1) is 6.04 Å². The number of aryl methyl sites for hydroxylation is 2. The first kappa shape index (κ1) is 15.2. The number of nitrogens with zero attached hydrogens (tertiary/aromatic N) is 1. The molecule has 1 atom stereocenters. The zero-order valence-corrected chi connectivity index (χ0v) is 13.1. The summed E-state index contributed by atoms with van der Waals surface area (Å²) in [6.45, 7) is 8.55. The van der Waals surface area contributed by atoms with Crippen molar-refractivity contribution in [3.63, 3.8) is 0 Å². The number of hydrogen-bond acceptors (Lipinski definition) is 2. The summed E-state index contributed by atoms with van der Waals surface area (Å²) in [5.41, 5.74) is 3.71. The minimum atomic E-state index is 0.120. The Hall–Kier alpha value is -1.15. The molecule has 0 bridgehead atoms. The number of carbonyl (C=O) groups excluding carboxylic acids is 1. The van der Waals surface area contributed by atoms with Crippen LogP contribution in [0.3, 0.4) is 0 Å². The van der Waals surface area contributed by atoms with E-state index in [1.165, 1.54) is 36.0 Å².